The highest BCUT2D eigenvalue weighted by Gasteiger charge is 2.12. The van der Waals surface area contributed by atoms with Gasteiger partial charge in [0.25, 0.3) is 0 Å². The molecule has 0 aliphatic rings. The Hall–Kier alpha value is -1.54. The van der Waals surface area contributed by atoms with E-state index in [2.05, 4.69) is 67.7 Å². The molecule has 1 heterocycles. The molecule has 0 radical (unpaired) electrons. The second-order valence-electron chi connectivity index (χ2n) is 6.40. The van der Waals surface area contributed by atoms with Gasteiger partial charge in [-0.2, -0.15) is 0 Å². The monoisotopic (exact) mass is 270 g/mol. The quantitative estimate of drug-likeness (QED) is 0.604. The molecule has 1 aromatic carbocycles. The van der Waals surface area contributed by atoms with Gasteiger partial charge in [-0.05, 0) is 45.2 Å². The average molecular weight is 270 g/mol. The molecule has 0 saturated heterocycles. The molecule has 0 spiro atoms. The normalized spacial score (nSPS) is 11.9. The van der Waals surface area contributed by atoms with Crippen molar-refractivity contribution < 1.29 is 0 Å². The lowest BCUT2D eigenvalue weighted by Gasteiger charge is -2.20. The van der Waals surface area contributed by atoms with E-state index in [1.54, 1.807) is 0 Å². The summed E-state index contributed by atoms with van der Waals surface area (Å²) >= 11 is 0. The lowest BCUT2D eigenvalue weighted by molar-refractivity contribution is 0.425. The van der Waals surface area contributed by atoms with Crippen LogP contribution in [0.2, 0.25) is 0 Å². The molecule has 2 heteroatoms. The Balaban J connectivity index is 2.23. The van der Waals surface area contributed by atoms with Crippen LogP contribution in [0.25, 0.3) is 10.9 Å². The van der Waals surface area contributed by atoms with Crippen molar-refractivity contribution in [1.29, 1.82) is 0 Å². The van der Waals surface area contributed by atoms with E-state index in [4.69, 9.17) is 0 Å². The van der Waals surface area contributed by atoms with E-state index in [1.807, 2.05) is 6.08 Å². The minimum atomic E-state index is 0.145. The van der Waals surface area contributed by atoms with Gasteiger partial charge in [0.05, 0.1) is 0 Å². The second kappa shape index (κ2) is 6.27. The highest BCUT2D eigenvalue weighted by Crippen LogP contribution is 2.22. The Morgan fingerprint density at radius 3 is 2.70 bits per heavy atom. The van der Waals surface area contributed by atoms with Gasteiger partial charge in [0.15, 0.2) is 0 Å². The van der Waals surface area contributed by atoms with E-state index in [9.17, 15) is 0 Å². The first-order valence-corrected chi connectivity index (χ1v) is 7.44. The molecule has 0 amide bonds. The molecule has 2 rings (SSSR count). The number of hydrogen-bond acceptors (Lipinski definition) is 1. The average Bonchev–Trinajstić information content (AvgIpc) is 2.75. The van der Waals surface area contributed by atoms with Crippen LogP contribution in [0.15, 0.2) is 43.1 Å². The van der Waals surface area contributed by atoms with Crippen molar-refractivity contribution in [1.82, 2.24) is 9.88 Å². The van der Waals surface area contributed by atoms with Gasteiger partial charge in [-0.1, -0.05) is 24.3 Å². The minimum absolute atomic E-state index is 0.145. The summed E-state index contributed by atoms with van der Waals surface area (Å²) < 4.78 is 2.37. The number of unbranched alkanes of at least 4 members (excludes halogenated alkanes) is 1. The van der Waals surface area contributed by atoms with Crippen molar-refractivity contribution >= 4 is 10.9 Å². The van der Waals surface area contributed by atoms with Gasteiger partial charge in [0, 0.05) is 35.7 Å². The van der Waals surface area contributed by atoms with Gasteiger partial charge in [-0.3, -0.25) is 0 Å². The maximum absolute atomic E-state index is 3.80. The molecule has 1 aromatic heterocycles. The molecule has 108 valence electrons. The van der Waals surface area contributed by atoms with Crippen molar-refractivity contribution in [2.45, 2.75) is 52.2 Å². The van der Waals surface area contributed by atoms with Crippen LogP contribution in [0, 0.1) is 0 Å². The van der Waals surface area contributed by atoms with E-state index in [1.165, 1.54) is 16.5 Å². The van der Waals surface area contributed by atoms with Gasteiger partial charge < -0.3 is 9.88 Å². The lowest BCUT2D eigenvalue weighted by atomic mass is 10.1. The SMILES string of the molecule is C=CCCCn1cc(CNC(C)(C)C)c2ccccc21. The fourth-order valence-corrected chi connectivity index (χ4v) is 2.42. The number of fused-ring (bicyclic) bond motifs is 1. The van der Waals surface area contributed by atoms with E-state index < -0.39 is 0 Å². The van der Waals surface area contributed by atoms with E-state index >= 15 is 0 Å². The molecule has 2 nitrogen and oxygen atoms in total. The van der Waals surface area contributed by atoms with Crippen LogP contribution >= 0.6 is 0 Å². The van der Waals surface area contributed by atoms with E-state index in [-0.39, 0.29) is 5.54 Å². The summed E-state index contributed by atoms with van der Waals surface area (Å²) in [5.41, 5.74) is 2.86. The zero-order chi connectivity index (χ0) is 14.6. The van der Waals surface area contributed by atoms with Gasteiger partial charge in [-0.15, -0.1) is 6.58 Å². The Kier molecular flexibility index (Phi) is 4.66. The molecule has 0 aliphatic carbocycles. The van der Waals surface area contributed by atoms with Crippen molar-refractivity contribution in [3.05, 3.63) is 48.7 Å². The number of para-hydroxylation sites is 1. The van der Waals surface area contributed by atoms with Crippen LogP contribution in [-0.4, -0.2) is 10.1 Å². The van der Waals surface area contributed by atoms with Crippen molar-refractivity contribution in [3.8, 4) is 0 Å². The summed E-state index contributed by atoms with van der Waals surface area (Å²) in [5, 5.41) is 4.95. The van der Waals surface area contributed by atoms with Crippen LogP contribution in [0.3, 0.4) is 0 Å². The number of nitrogens with zero attached hydrogens (tertiary/aromatic N) is 1. The highest BCUT2D eigenvalue weighted by molar-refractivity contribution is 5.83. The molecule has 0 unspecified atom stereocenters. The fourth-order valence-electron chi connectivity index (χ4n) is 2.42. The summed E-state index contributed by atoms with van der Waals surface area (Å²) in [7, 11) is 0. The Morgan fingerprint density at radius 1 is 1.25 bits per heavy atom. The number of benzene rings is 1. The van der Waals surface area contributed by atoms with Crippen LogP contribution in [0.5, 0.6) is 0 Å². The molecule has 2 aromatic rings. The molecule has 20 heavy (non-hydrogen) atoms. The largest absolute Gasteiger partial charge is 0.347 e. The number of allylic oxidation sites excluding steroid dienone is 1. The van der Waals surface area contributed by atoms with Gasteiger partial charge in [0.2, 0.25) is 0 Å². The van der Waals surface area contributed by atoms with Crippen LogP contribution in [0.4, 0.5) is 0 Å². The molecule has 0 saturated carbocycles. The Morgan fingerprint density at radius 2 is 2.00 bits per heavy atom. The predicted molar refractivity (Wildman–Crippen MR) is 88.0 cm³/mol. The number of nitrogens with one attached hydrogen (secondary N) is 1. The smallest absolute Gasteiger partial charge is 0.0483 e. The van der Waals surface area contributed by atoms with Crippen molar-refractivity contribution in [2.75, 3.05) is 0 Å². The summed E-state index contributed by atoms with van der Waals surface area (Å²) in [6, 6.07) is 8.67. The summed E-state index contributed by atoms with van der Waals surface area (Å²) in [6.07, 6.45) is 6.51. The third-order valence-electron chi connectivity index (χ3n) is 3.49. The number of aryl methyl sites for hydroxylation is 1. The maximum Gasteiger partial charge on any atom is 0.0483 e. The topological polar surface area (TPSA) is 17.0 Å². The van der Waals surface area contributed by atoms with Crippen molar-refractivity contribution in [2.24, 2.45) is 0 Å². The molecular formula is C18H26N2. The number of aromatic nitrogens is 1. The van der Waals surface area contributed by atoms with Gasteiger partial charge in [0.1, 0.15) is 0 Å². The predicted octanol–water partition coefficient (Wildman–Crippen LogP) is 4.50. The molecular weight excluding hydrogens is 244 g/mol. The van der Waals surface area contributed by atoms with E-state index in [0.29, 0.717) is 0 Å². The third-order valence-corrected chi connectivity index (χ3v) is 3.49. The molecule has 1 N–H and O–H groups in total. The maximum atomic E-state index is 3.80. The first kappa shape index (κ1) is 14.9. The number of hydrogen-bond donors (Lipinski definition) is 1. The van der Waals surface area contributed by atoms with Crippen LogP contribution < -0.4 is 5.32 Å². The van der Waals surface area contributed by atoms with Crippen LogP contribution in [-0.2, 0) is 13.1 Å². The summed E-state index contributed by atoms with van der Waals surface area (Å²) in [5.74, 6) is 0. The highest BCUT2D eigenvalue weighted by atomic mass is 15.0. The minimum Gasteiger partial charge on any atom is -0.347 e. The Bertz CT molecular complexity index is 573. The standard InChI is InChI=1S/C18H26N2/c1-5-6-9-12-20-14-15(13-19-18(2,3)4)16-10-7-8-11-17(16)20/h5,7-8,10-11,14,19H,1,6,9,12-13H2,2-4H3. The van der Waals surface area contributed by atoms with Gasteiger partial charge >= 0.3 is 0 Å². The molecule has 0 atom stereocenters. The molecule has 0 aliphatic heterocycles. The lowest BCUT2D eigenvalue weighted by Crippen LogP contribution is -2.34. The summed E-state index contributed by atoms with van der Waals surface area (Å²) in [6.45, 7) is 12.4. The van der Waals surface area contributed by atoms with E-state index in [0.717, 1.165) is 25.9 Å². The zero-order valence-electron chi connectivity index (χ0n) is 12.9. The fraction of sp³-hybridized carbons (Fsp3) is 0.444. The zero-order valence-corrected chi connectivity index (χ0v) is 12.9. The first-order chi connectivity index (χ1) is 9.51. The van der Waals surface area contributed by atoms with Crippen molar-refractivity contribution in [3.63, 3.8) is 0 Å². The van der Waals surface area contributed by atoms with Gasteiger partial charge in [-0.25, -0.2) is 0 Å². The van der Waals surface area contributed by atoms with Crippen LogP contribution in [0.1, 0.15) is 39.2 Å². The Labute approximate surface area is 122 Å². The molecule has 0 bridgehead atoms. The summed E-state index contributed by atoms with van der Waals surface area (Å²) in [4.78, 5) is 0. The third kappa shape index (κ3) is 3.73. The second-order valence-corrected chi connectivity index (χ2v) is 6.40. The first-order valence-electron chi connectivity index (χ1n) is 7.44. The molecule has 0 fully saturated rings. The number of rotatable bonds is 6.